The Kier molecular flexibility index (Phi) is 3.21. The topological polar surface area (TPSA) is 17.1 Å². The molecule has 0 fully saturated rings. The average Bonchev–Trinajstić information content (AvgIpc) is 2.02. The molecule has 1 aromatic rings. The maximum absolute atomic E-state index is 12.5. The van der Waals surface area contributed by atoms with E-state index in [9.17, 15) is 13.6 Å². The van der Waals surface area contributed by atoms with Crippen LogP contribution in [0.5, 0.6) is 0 Å². The van der Waals surface area contributed by atoms with Crippen LogP contribution in [0.4, 0.5) is 8.78 Å². The van der Waals surface area contributed by atoms with Gasteiger partial charge in [-0.1, -0.05) is 11.6 Å². The molecule has 1 nitrogen and oxygen atoms in total. The van der Waals surface area contributed by atoms with Gasteiger partial charge in [-0.2, -0.15) is 0 Å². The molecule has 0 bridgehead atoms. The molecule has 76 valence electrons. The van der Waals surface area contributed by atoms with Gasteiger partial charge in [0.1, 0.15) is 0 Å². The van der Waals surface area contributed by atoms with Gasteiger partial charge < -0.3 is 0 Å². The van der Waals surface area contributed by atoms with Gasteiger partial charge in [-0.3, -0.25) is 4.79 Å². The minimum absolute atomic E-state index is 0.00231. The van der Waals surface area contributed by atoms with E-state index in [4.69, 9.17) is 11.6 Å². The lowest BCUT2D eigenvalue weighted by molar-refractivity contribution is 0.101. The van der Waals surface area contributed by atoms with Gasteiger partial charge in [0.05, 0.1) is 0 Å². The highest BCUT2D eigenvalue weighted by Crippen LogP contribution is 2.31. The van der Waals surface area contributed by atoms with Crippen molar-refractivity contribution >= 4 is 17.4 Å². The zero-order chi connectivity index (χ0) is 10.9. The molecule has 0 aromatic heterocycles. The van der Waals surface area contributed by atoms with Crippen LogP contribution < -0.4 is 0 Å². The zero-order valence-electron chi connectivity index (χ0n) is 7.77. The van der Waals surface area contributed by atoms with Crippen molar-refractivity contribution in [3.63, 3.8) is 0 Å². The van der Waals surface area contributed by atoms with Crippen LogP contribution in [0.3, 0.4) is 0 Å². The molecular formula is C10H9ClF2O. The quantitative estimate of drug-likeness (QED) is 0.691. The van der Waals surface area contributed by atoms with Gasteiger partial charge >= 0.3 is 0 Å². The van der Waals surface area contributed by atoms with E-state index in [1.165, 1.54) is 26.0 Å². The second-order valence-electron chi connectivity index (χ2n) is 2.99. The Balaban J connectivity index is 3.41. The molecule has 1 aromatic carbocycles. The molecule has 0 aliphatic heterocycles. The van der Waals surface area contributed by atoms with Gasteiger partial charge in [-0.15, -0.1) is 0 Å². The number of carbonyl (C=O) groups is 1. The fourth-order valence-corrected chi connectivity index (χ4v) is 1.63. The third-order valence-electron chi connectivity index (χ3n) is 2.06. The number of carbonyl (C=O) groups excluding carboxylic acids is 1. The minimum Gasteiger partial charge on any atom is -0.295 e. The van der Waals surface area contributed by atoms with Crippen LogP contribution in [-0.2, 0) is 0 Å². The van der Waals surface area contributed by atoms with Crippen LogP contribution in [0.15, 0.2) is 12.1 Å². The minimum atomic E-state index is -2.65. The van der Waals surface area contributed by atoms with Crippen molar-refractivity contribution in [3.8, 4) is 0 Å². The summed E-state index contributed by atoms with van der Waals surface area (Å²) in [6.07, 6.45) is -2.65. The fraction of sp³-hybridized carbons (Fsp3) is 0.300. The van der Waals surface area contributed by atoms with Crippen LogP contribution in [-0.4, -0.2) is 5.78 Å². The summed E-state index contributed by atoms with van der Waals surface area (Å²) in [5, 5.41) is 0.00231. The molecule has 0 spiro atoms. The number of hydrogen-bond acceptors (Lipinski definition) is 1. The number of ketones is 1. The molecule has 0 N–H and O–H groups in total. The number of hydrogen-bond donors (Lipinski definition) is 0. The van der Waals surface area contributed by atoms with Crippen molar-refractivity contribution in [2.75, 3.05) is 0 Å². The first kappa shape index (κ1) is 11.1. The van der Waals surface area contributed by atoms with Crippen molar-refractivity contribution in [3.05, 3.63) is 33.8 Å². The maximum atomic E-state index is 12.5. The Bertz CT molecular complexity index is 375. The summed E-state index contributed by atoms with van der Waals surface area (Å²) in [6.45, 7) is 2.82. The zero-order valence-corrected chi connectivity index (χ0v) is 8.53. The molecule has 0 unspecified atom stereocenters. The summed E-state index contributed by atoms with van der Waals surface area (Å²) in [4.78, 5) is 11.1. The van der Waals surface area contributed by atoms with Gasteiger partial charge in [0, 0.05) is 16.1 Å². The molecule has 4 heteroatoms. The first-order valence-corrected chi connectivity index (χ1v) is 4.41. The second-order valence-corrected chi connectivity index (χ2v) is 3.40. The van der Waals surface area contributed by atoms with Gasteiger partial charge in [0.25, 0.3) is 6.43 Å². The lowest BCUT2D eigenvalue weighted by atomic mass is 10.00. The van der Waals surface area contributed by atoms with Gasteiger partial charge in [0.2, 0.25) is 0 Å². The van der Waals surface area contributed by atoms with E-state index in [0.29, 0.717) is 5.56 Å². The van der Waals surface area contributed by atoms with E-state index in [-0.39, 0.29) is 21.9 Å². The summed E-state index contributed by atoms with van der Waals surface area (Å²) < 4.78 is 25.1. The standard InChI is InChI=1S/C10H9ClF2O/c1-5-7(6(2)14)3-4-8(11)9(5)10(12)13/h3-4,10H,1-2H3. The molecule has 14 heavy (non-hydrogen) atoms. The number of rotatable bonds is 2. The van der Waals surface area contributed by atoms with Gasteiger partial charge in [0.15, 0.2) is 5.78 Å². The Morgan fingerprint density at radius 1 is 1.43 bits per heavy atom. The van der Waals surface area contributed by atoms with Gasteiger partial charge in [-0.05, 0) is 31.5 Å². The van der Waals surface area contributed by atoms with Crippen LogP contribution >= 0.6 is 11.6 Å². The highest BCUT2D eigenvalue weighted by Gasteiger charge is 2.18. The lowest BCUT2D eigenvalue weighted by Crippen LogP contribution is -2.01. The normalized spacial score (nSPS) is 10.7. The summed E-state index contributed by atoms with van der Waals surface area (Å²) in [7, 11) is 0. The maximum Gasteiger partial charge on any atom is 0.265 e. The Morgan fingerprint density at radius 2 is 2.00 bits per heavy atom. The van der Waals surface area contributed by atoms with E-state index in [1.807, 2.05) is 0 Å². The molecule has 0 heterocycles. The van der Waals surface area contributed by atoms with Crippen molar-refractivity contribution < 1.29 is 13.6 Å². The highest BCUT2D eigenvalue weighted by atomic mass is 35.5. The molecule has 0 aliphatic rings. The third kappa shape index (κ3) is 1.93. The smallest absolute Gasteiger partial charge is 0.265 e. The van der Waals surface area contributed by atoms with Crippen LogP contribution in [0.2, 0.25) is 5.02 Å². The first-order chi connectivity index (χ1) is 6.45. The molecule has 0 atom stereocenters. The fourth-order valence-electron chi connectivity index (χ4n) is 1.34. The molecule has 0 amide bonds. The molecule has 0 saturated heterocycles. The number of alkyl halides is 2. The monoisotopic (exact) mass is 218 g/mol. The molecule has 0 saturated carbocycles. The van der Waals surface area contributed by atoms with Crippen molar-refractivity contribution in [2.45, 2.75) is 20.3 Å². The SMILES string of the molecule is CC(=O)c1ccc(Cl)c(C(F)F)c1C. The summed E-state index contributed by atoms with van der Waals surface area (Å²) >= 11 is 5.61. The molecule has 0 radical (unpaired) electrons. The van der Waals surface area contributed by atoms with Crippen molar-refractivity contribution in [1.29, 1.82) is 0 Å². The largest absolute Gasteiger partial charge is 0.295 e. The lowest BCUT2D eigenvalue weighted by Gasteiger charge is -2.10. The predicted molar refractivity (Wildman–Crippen MR) is 51.2 cm³/mol. The summed E-state index contributed by atoms with van der Waals surface area (Å²) in [6, 6.07) is 2.79. The van der Waals surface area contributed by atoms with Crippen LogP contribution in [0.1, 0.15) is 34.8 Å². The Morgan fingerprint density at radius 3 is 2.43 bits per heavy atom. The number of benzene rings is 1. The van der Waals surface area contributed by atoms with E-state index in [1.54, 1.807) is 0 Å². The molecule has 1 rings (SSSR count). The predicted octanol–water partition coefficient (Wildman–Crippen LogP) is 3.79. The summed E-state index contributed by atoms with van der Waals surface area (Å²) in [5.41, 5.74) is 0.309. The van der Waals surface area contributed by atoms with E-state index in [0.717, 1.165) is 0 Å². The second kappa shape index (κ2) is 4.05. The van der Waals surface area contributed by atoms with Crippen LogP contribution in [0, 0.1) is 6.92 Å². The van der Waals surface area contributed by atoms with Gasteiger partial charge in [-0.25, -0.2) is 8.78 Å². The van der Waals surface area contributed by atoms with E-state index < -0.39 is 6.43 Å². The molecule has 0 aliphatic carbocycles. The number of halogens is 3. The Hall–Kier alpha value is -0.960. The summed E-state index contributed by atoms with van der Waals surface area (Å²) in [5.74, 6) is -0.235. The van der Waals surface area contributed by atoms with Crippen molar-refractivity contribution in [2.24, 2.45) is 0 Å². The van der Waals surface area contributed by atoms with E-state index in [2.05, 4.69) is 0 Å². The van der Waals surface area contributed by atoms with Crippen molar-refractivity contribution in [1.82, 2.24) is 0 Å². The van der Waals surface area contributed by atoms with E-state index >= 15 is 0 Å². The number of Topliss-reactive ketones (excluding diaryl/α,β-unsaturated/α-hetero) is 1. The van der Waals surface area contributed by atoms with Crippen LogP contribution in [0.25, 0.3) is 0 Å². The molecular weight excluding hydrogens is 210 g/mol. The average molecular weight is 219 g/mol. The third-order valence-corrected chi connectivity index (χ3v) is 2.39. The highest BCUT2D eigenvalue weighted by molar-refractivity contribution is 6.31. The Labute approximate surface area is 85.7 Å². The first-order valence-electron chi connectivity index (χ1n) is 4.03.